The molecular formula is C24H23F3N2O5S. The zero-order valence-electron chi connectivity index (χ0n) is 18.8. The minimum Gasteiger partial charge on any atom is -0.435 e. The number of rotatable bonds is 5. The van der Waals surface area contributed by atoms with Crippen molar-refractivity contribution in [3.63, 3.8) is 0 Å². The van der Waals surface area contributed by atoms with E-state index in [0.29, 0.717) is 18.4 Å². The van der Waals surface area contributed by atoms with Crippen molar-refractivity contribution in [2.24, 2.45) is 0 Å². The van der Waals surface area contributed by atoms with Gasteiger partial charge in [0, 0.05) is 11.6 Å². The third-order valence-electron chi connectivity index (χ3n) is 6.93. The molecule has 0 radical (unpaired) electrons. The van der Waals surface area contributed by atoms with Gasteiger partial charge in [0.1, 0.15) is 11.6 Å². The molecule has 3 aliphatic rings. The largest absolute Gasteiger partial charge is 0.435 e. The molecule has 7 nitrogen and oxygen atoms in total. The second-order valence-electron chi connectivity index (χ2n) is 9.71. The number of carbonyl (C=O) groups is 2. The van der Waals surface area contributed by atoms with Gasteiger partial charge in [-0.2, -0.15) is 8.78 Å². The van der Waals surface area contributed by atoms with Crippen LogP contribution in [0.1, 0.15) is 48.5 Å². The lowest BCUT2D eigenvalue weighted by molar-refractivity contribution is -0.122. The van der Waals surface area contributed by atoms with Gasteiger partial charge in [-0.1, -0.05) is 18.9 Å². The molecule has 186 valence electrons. The van der Waals surface area contributed by atoms with Crippen LogP contribution in [0, 0.1) is 5.82 Å². The van der Waals surface area contributed by atoms with Crippen LogP contribution in [0.5, 0.6) is 5.75 Å². The van der Waals surface area contributed by atoms with Crippen molar-refractivity contribution in [3.05, 3.63) is 53.3 Å². The molecule has 0 atom stereocenters. The Morgan fingerprint density at radius 1 is 1.14 bits per heavy atom. The van der Waals surface area contributed by atoms with E-state index in [2.05, 4.69) is 10.1 Å². The van der Waals surface area contributed by atoms with Crippen LogP contribution in [-0.2, 0) is 20.0 Å². The molecular weight excluding hydrogens is 485 g/mol. The Labute approximate surface area is 200 Å². The van der Waals surface area contributed by atoms with Crippen LogP contribution in [0.4, 0.5) is 24.5 Å². The van der Waals surface area contributed by atoms with Gasteiger partial charge in [0.2, 0.25) is 5.91 Å². The van der Waals surface area contributed by atoms with E-state index in [-0.39, 0.29) is 40.1 Å². The summed E-state index contributed by atoms with van der Waals surface area (Å²) in [5, 5.41) is 2.67. The molecule has 0 aromatic heterocycles. The number of hydrogen-bond donors (Lipinski definition) is 1. The summed E-state index contributed by atoms with van der Waals surface area (Å²) in [5.74, 6) is -2.39. The first-order valence-electron chi connectivity index (χ1n) is 11.2. The first-order valence-corrected chi connectivity index (χ1v) is 13.0. The molecule has 0 bridgehead atoms. The van der Waals surface area contributed by atoms with Crippen molar-refractivity contribution < 1.29 is 35.9 Å². The van der Waals surface area contributed by atoms with Crippen molar-refractivity contribution in [2.45, 2.75) is 50.2 Å². The van der Waals surface area contributed by atoms with Crippen molar-refractivity contribution in [1.29, 1.82) is 0 Å². The van der Waals surface area contributed by atoms with Gasteiger partial charge in [-0.05, 0) is 49.6 Å². The Bertz CT molecular complexity index is 1330. The number of nitrogens with zero attached hydrogens (tertiary/aromatic N) is 1. The van der Waals surface area contributed by atoms with E-state index in [4.69, 9.17) is 0 Å². The number of benzene rings is 2. The van der Waals surface area contributed by atoms with Crippen molar-refractivity contribution in [3.8, 4) is 5.75 Å². The normalized spacial score (nSPS) is 21.2. The summed E-state index contributed by atoms with van der Waals surface area (Å²) in [4.78, 5) is 27.8. The lowest BCUT2D eigenvalue weighted by atomic mass is 9.79. The highest BCUT2D eigenvalue weighted by molar-refractivity contribution is 7.93. The number of halogens is 3. The van der Waals surface area contributed by atoms with Crippen LogP contribution >= 0.6 is 0 Å². The van der Waals surface area contributed by atoms with Gasteiger partial charge >= 0.3 is 6.61 Å². The average Bonchev–Trinajstić information content (AvgIpc) is 3.32. The summed E-state index contributed by atoms with van der Waals surface area (Å²) in [6, 6.07) is 8.01. The first kappa shape index (κ1) is 23.7. The molecule has 0 unspecified atom stereocenters. The zero-order valence-corrected chi connectivity index (χ0v) is 19.6. The third-order valence-corrected chi connectivity index (χ3v) is 9.08. The number of hydrogen-bond acceptors (Lipinski definition) is 5. The molecule has 35 heavy (non-hydrogen) atoms. The van der Waals surface area contributed by atoms with E-state index in [1.165, 1.54) is 35.2 Å². The van der Waals surface area contributed by atoms with Crippen LogP contribution in [0.25, 0.3) is 0 Å². The predicted molar refractivity (Wildman–Crippen MR) is 121 cm³/mol. The van der Waals surface area contributed by atoms with Gasteiger partial charge < -0.3 is 10.1 Å². The van der Waals surface area contributed by atoms with Crippen LogP contribution in [0.15, 0.2) is 36.4 Å². The highest BCUT2D eigenvalue weighted by atomic mass is 32.2. The van der Waals surface area contributed by atoms with Crippen LogP contribution < -0.4 is 15.0 Å². The maximum absolute atomic E-state index is 15.6. The molecule has 1 saturated heterocycles. The monoisotopic (exact) mass is 508 g/mol. The molecule has 1 aliphatic carbocycles. The molecule has 2 amide bonds. The molecule has 2 aliphatic heterocycles. The molecule has 1 N–H and O–H groups in total. The lowest BCUT2D eigenvalue weighted by Crippen LogP contribution is -2.63. The molecule has 11 heteroatoms. The quantitative estimate of drug-likeness (QED) is 0.663. The minimum atomic E-state index is -3.21. The second kappa shape index (κ2) is 7.97. The fraction of sp³-hybridized carbons (Fsp3) is 0.417. The number of alkyl halides is 2. The minimum absolute atomic E-state index is 0.0116. The first-order chi connectivity index (χ1) is 16.4. The Morgan fingerprint density at radius 2 is 1.83 bits per heavy atom. The van der Waals surface area contributed by atoms with E-state index in [9.17, 15) is 26.8 Å². The van der Waals surface area contributed by atoms with E-state index < -0.39 is 39.1 Å². The average molecular weight is 509 g/mol. The third kappa shape index (κ3) is 3.95. The highest BCUT2D eigenvalue weighted by Crippen LogP contribution is 2.54. The van der Waals surface area contributed by atoms with Crippen LogP contribution in [-0.4, -0.2) is 43.9 Å². The van der Waals surface area contributed by atoms with Crippen LogP contribution in [0.2, 0.25) is 0 Å². The topological polar surface area (TPSA) is 92.8 Å². The molecule has 1 spiro atoms. The fourth-order valence-electron chi connectivity index (χ4n) is 5.61. The van der Waals surface area contributed by atoms with E-state index in [1.54, 1.807) is 6.92 Å². The van der Waals surface area contributed by atoms with Gasteiger partial charge in [0.25, 0.3) is 5.91 Å². The Kier molecular flexibility index (Phi) is 5.39. The number of amides is 2. The van der Waals surface area contributed by atoms with E-state index in [0.717, 1.165) is 18.9 Å². The van der Waals surface area contributed by atoms with Gasteiger partial charge in [0.15, 0.2) is 9.84 Å². The molecule has 2 fully saturated rings. The van der Waals surface area contributed by atoms with Gasteiger partial charge in [-0.15, -0.1) is 0 Å². The molecule has 2 heterocycles. The fourth-order valence-corrected chi connectivity index (χ4v) is 7.61. The van der Waals surface area contributed by atoms with E-state index in [1.807, 2.05) is 0 Å². The van der Waals surface area contributed by atoms with Gasteiger partial charge in [-0.25, -0.2) is 12.8 Å². The number of fused-ring (bicyclic) bond motifs is 2. The van der Waals surface area contributed by atoms with Crippen molar-refractivity contribution in [1.82, 2.24) is 5.32 Å². The smallest absolute Gasteiger partial charge is 0.387 e. The summed E-state index contributed by atoms with van der Waals surface area (Å²) in [7, 11) is -3.21. The zero-order chi connectivity index (χ0) is 25.2. The summed E-state index contributed by atoms with van der Waals surface area (Å²) < 4.78 is 68.7. The number of carbonyl (C=O) groups excluding carboxylic acids is 2. The van der Waals surface area contributed by atoms with Gasteiger partial charge in [0.05, 0.1) is 33.8 Å². The van der Waals surface area contributed by atoms with Crippen molar-refractivity contribution in [2.75, 3.05) is 16.4 Å². The molecule has 2 aromatic rings. The van der Waals surface area contributed by atoms with Gasteiger partial charge in [-0.3, -0.25) is 14.5 Å². The summed E-state index contributed by atoms with van der Waals surface area (Å²) >= 11 is 0. The number of sulfone groups is 1. The summed E-state index contributed by atoms with van der Waals surface area (Å²) in [6.45, 7) is -1.45. The van der Waals surface area contributed by atoms with Crippen LogP contribution in [0.3, 0.4) is 0 Å². The summed E-state index contributed by atoms with van der Waals surface area (Å²) in [5.41, 5.74) is -1.44. The number of anilines is 2. The number of ether oxygens (including phenoxy) is 1. The predicted octanol–water partition coefficient (Wildman–Crippen LogP) is 3.83. The van der Waals surface area contributed by atoms with E-state index >= 15 is 4.39 Å². The Balaban J connectivity index is 1.56. The molecule has 1 saturated carbocycles. The van der Waals surface area contributed by atoms with Crippen molar-refractivity contribution >= 4 is 33.0 Å². The standard InChI is InChI=1S/C24H23F3N2O5S/c1-23(12-35(32,33)13-23)28-20(30)14-9-17-19(18(25)10-14)29(21(31)24(17)7-2-3-8-24)15-5-4-6-16(11-15)34-22(26)27/h4-6,9-11,22H,2-3,7-8,12-13H2,1H3,(H,28,30). The Morgan fingerprint density at radius 3 is 2.46 bits per heavy atom. The number of nitrogens with one attached hydrogen (secondary N) is 1. The second-order valence-corrected chi connectivity index (χ2v) is 11.8. The Hall–Kier alpha value is -3.08. The maximum Gasteiger partial charge on any atom is 0.387 e. The SMILES string of the molecule is CC1(NC(=O)c2cc(F)c3c(c2)C2(CCCC2)C(=O)N3c2cccc(OC(F)F)c2)CS(=O)(=O)C1. The highest BCUT2D eigenvalue weighted by Gasteiger charge is 2.54. The lowest BCUT2D eigenvalue weighted by Gasteiger charge is -2.38. The summed E-state index contributed by atoms with van der Waals surface area (Å²) in [6.07, 6.45) is 2.40. The maximum atomic E-state index is 15.6. The molecule has 2 aromatic carbocycles. The molecule has 5 rings (SSSR count).